The number of β-amino-alcohol motifs (C(OH)–C–C–N with tert-alkyl or cyclic N) is 1. The Kier molecular flexibility index (Phi) is 3.94. The molecule has 1 aromatic heterocycles. The number of anilines is 1. The molecule has 1 aliphatic heterocycles. The third-order valence-corrected chi connectivity index (χ3v) is 4.17. The number of aliphatic hydroxyl groups is 2. The van der Waals surface area contributed by atoms with Gasteiger partial charge in [-0.3, -0.25) is 0 Å². The van der Waals surface area contributed by atoms with E-state index in [4.69, 9.17) is 4.74 Å². The van der Waals surface area contributed by atoms with Crippen LogP contribution in [-0.4, -0.2) is 48.1 Å². The predicted molar refractivity (Wildman–Crippen MR) is 81.7 cm³/mol. The zero-order chi connectivity index (χ0) is 14.8. The zero-order valence-electron chi connectivity index (χ0n) is 12.1. The number of fused-ring (bicyclic) bond motifs is 1. The Morgan fingerprint density at radius 3 is 2.90 bits per heavy atom. The van der Waals surface area contributed by atoms with E-state index >= 15 is 0 Å². The molecule has 1 aliphatic rings. The fourth-order valence-corrected chi connectivity index (χ4v) is 2.85. The molecule has 0 radical (unpaired) electrons. The lowest BCUT2D eigenvalue weighted by Gasteiger charge is -2.35. The van der Waals surface area contributed by atoms with Gasteiger partial charge in [0.05, 0.1) is 13.2 Å². The average molecular weight is 288 g/mol. The summed E-state index contributed by atoms with van der Waals surface area (Å²) in [6.07, 6.45) is 0.252. The van der Waals surface area contributed by atoms with E-state index in [2.05, 4.69) is 9.88 Å². The van der Waals surface area contributed by atoms with Crippen LogP contribution in [0.3, 0.4) is 0 Å². The van der Waals surface area contributed by atoms with Crippen LogP contribution in [0.5, 0.6) is 5.75 Å². The van der Waals surface area contributed by atoms with E-state index in [0.717, 1.165) is 35.4 Å². The highest BCUT2D eigenvalue weighted by atomic mass is 16.5. The second kappa shape index (κ2) is 5.87. The first-order valence-electron chi connectivity index (χ1n) is 7.20. The molecular weight excluding hydrogens is 268 g/mol. The van der Waals surface area contributed by atoms with Crippen molar-refractivity contribution in [3.05, 3.63) is 30.3 Å². The monoisotopic (exact) mass is 288 g/mol. The van der Waals surface area contributed by atoms with Crippen LogP contribution in [-0.2, 0) is 0 Å². The molecule has 0 unspecified atom stereocenters. The van der Waals surface area contributed by atoms with Crippen molar-refractivity contribution in [2.45, 2.75) is 12.5 Å². The predicted octanol–water partition coefficient (Wildman–Crippen LogP) is 1.42. The fraction of sp³-hybridized carbons (Fsp3) is 0.438. The van der Waals surface area contributed by atoms with Gasteiger partial charge in [-0.2, -0.15) is 0 Å². The number of pyridine rings is 1. The van der Waals surface area contributed by atoms with Crippen molar-refractivity contribution >= 4 is 16.7 Å². The van der Waals surface area contributed by atoms with Crippen LogP contribution < -0.4 is 9.64 Å². The molecule has 5 nitrogen and oxygen atoms in total. The Labute approximate surface area is 123 Å². The van der Waals surface area contributed by atoms with Gasteiger partial charge in [-0.1, -0.05) is 12.1 Å². The summed E-state index contributed by atoms with van der Waals surface area (Å²) in [6, 6.07) is 9.82. The lowest BCUT2D eigenvalue weighted by Crippen LogP contribution is -2.45. The minimum absolute atomic E-state index is 0.0313. The van der Waals surface area contributed by atoms with E-state index in [1.165, 1.54) is 0 Å². The lowest BCUT2D eigenvalue weighted by atomic mass is 9.95. The first-order chi connectivity index (χ1) is 10.2. The molecule has 2 aromatic rings. The third kappa shape index (κ3) is 2.66. The summed E-state index contributed by atoms with van der Waals surface area (Å²) in [5.41, 5.74) is 0.830. The number of piperidine rings is 1. The highest BCUT2D eigenvalue weighted by Crippen LogP contribution is 2.28. The molecule has 21 heavy (non-hydrogen) atoms. The number of para-hydroxylation sites is 1. The topological polar surface area (TPSA) is 65.8 Å². The number of rotatable bonds is 3. The average Bonchev–Trinajstić information content (AvgIpc) is 2.53. The maximum Gasteiger partial charge on any atom is 0.145 e. The van der Waals surface area contributed by atoms with Crippen molar-refractivity contribution in [2.24, 2.45) is 5.92 Å². The Morgan fingerprint density at radius 1 is 1.33 bits per heavy atom. The second-order valence-corrected chi connectivity index (χ2v) is 5.45. The molecule has 2 heterocycles. The third-order valence-electron chi connectivity index (χ3n) is 4.17. The van der Waals surface area contributed by atoms with Gasteiger partial charge in [-0.05, 0) is 24.6 Å². The van der Waals surface area contributed by atoms with E-state index in [1.807, 2.05) is 30.3 Å². The molecule has 0 saturated carbocycles. The van der Waals surface area contributed by atoms with Crippen molar-refractivity contribution in [1.29, 1.82) is 0 Å². The van der Waals surface area contributed by atoms with E-state index < -0.39 is 6.10 Å². The molecule has 0 bridgehead atoms. The number of ether oxygens (including phenoxy) is 1. The number of hydrogen-bond acceptors (Lipinski definition) is 5. The number of aromatic nitrogens is 1. The van der Waals surface area contributed by atoms with Gasteiger partial charge >= 0.3 is 0 Å². The quantitative estimate of drug-likeness (QED) is 0.894. The van der Waals surface area contributed by atoms with Crippen LogP contribution >= 0.6 is 0 Å². The Bertz CT molecular complexity index is 632. The molecular formula is C16H20N2O3. The fourth-order valence-electron chi connectivity index (χ4n) is 2.85. The van der Waals surface area contributed by atoms with Crippen LogP contribution in [0.25, 0.3) is 10.9 Å². The molecule has 2 atom stereocenters. The first-order valence-corrected chi connectivity index (χ1v) is 7.20. The van der Waals surface area contributed by atoms with Crippen molar-refractivity contribution in [3.8, 4) is 5.75 Å². The van der Waals surface area contributed by atoms with E-state index in [1.54, 1.807) is 7.11 Å². The molecule has 0 aliphatic carbocycles. The summed E-state index contributed by atoms with van der Waals surface area (Å²) in [7, 11) is 1.64. The lowest BCUT2D eigenvalue weighted by molar-refractivity contribution is 0.0546. The SMILES string of the molecule is COc1cccc2ccc(N3CC[C@H](CO)[C@@H](O)C3)nc12. The van der Waals surface area contributed by atoms with E-state index in [9.17, 15) is 10.2 Å². The van der Waals surface area contributed by atoms with Gasteiger partial charge in [0.15, 0.2) is 0 Å². The minimum atomic E-state index is -0.515. The number of methoxy groups -OCH3 is 1. The smallest absolute Gasteiger partial charge is 0.145 e. The largest absolute Gasteiger partial charge is 0.494 e. The summed E-state index contributed by atoms with van der Waals surface area (Å²) in [5, 5.41) is 20.3. The van der Waals surface area contributed by atoms with Crippen LogP contribution in [0.1, 0.15) is 6.42 Å². The van der Waals surface area contributed by atoms with Gasteiger partial charge in [0, 0.05) is 31.0 Å². The summed E-state index contributed by atoms with van der Waals surface area (Å²) >= 11 is 0. The number of hydrogen-bond donors (Lipinski definition) is 2. The van der Waals surface area contributed by atoms with Gasteiger partial charge in [-0.15, -0.1) is 0 Å². The van der Waals surface area contributed by atoms with Gasteiger partial charge < -0.3 is 19.8 Å². The van der Waals surface area contributed by atoms with Crippen LogP contribution in [0.4, 0.5) is 5.82 Å². The standard InChI is InChI=1S/C16H20N2O3/c1-21-14-4-2-3-11-5-6-15(17-16(11)14)18-8-7-12(10-19)13(20)9-18/h2-6,12-13,19-20H,7-10H2,1H3/t12-,13+/m1/s1. The van der Waals surface area contributed by atoms with Crippen molar-refractivity contribution in [1.82, 2.24) is 4.98 Å². The van der Waals surface area contributed by atoms with Gasteiger partial charge in [0.2, 0.25) is 0 Å². The molecule has 3 rings (SSSR count). The summed E-state index contributed by atoms with van der Waals surface area (Å²) in [4.78, 5) is 6.74. The molecule has 1 fully saturated rings. The summed E-state index contributed by atoms with van der Waals surface area (Å²) in [5.74, 6) is 1.55. The molecule has 1 saturated heterocycles. The maximum atomic E-state index is 10.1. The normalized spacial score (nSPS) is 22.5. The zero-order valence-corrected chi connectivity index (χ0v) is 12.1. The highest BCUT2D eigenvalue weighted by molar-refractivity contribution is 5.85. The molecule has 112 valence electrons. The Hall–Kier alpha value is -1.85. The first kappa shape index (κ1) is 14.1. The minimum Gasteiger partial charge on any atom is -0.494 e. The Balaban J connectivity index is 1.91. The Morgan fingerprint density at radius 2 is 2.19 bits per heavy atom. The summed E-state index contributed by atoms with van der Waals surface area (Å²) < 4.78 is 5.36. The van der Waals surface area contributed by atoms with E-state index in [-0.39, 0.29) is 12.5 Å². The van der Waals surface area contributed by atoms with Crippen molar-refractivity contribution in [3.63, 3.8) is 0 Å². The van der Waals surface area contributed by atoms with Gasteiger partial charge in [0.25, 0.3) is 0 Å². The number of benzene rings is 1. The molecule has 2 N–H and O–H groups in total. The maximum absolute atomic E-state index is 10.1. The van der Waals surface area contributed by atoms with Crippen LogP contribution in [0.2, 0.25) is 0 Å². The van der Waals surface area contributed by atoms with Crippen LogP contribution in [0, 0.1) is 5.92 Å². The molecule has 1 aromatic carbocycles. The molecule has 0 spiro atoms. The number of nitrogens with zero attached hydrogens (tertiary/aromatic N) is 2. The molecule has 5 heteroatoms. The van der Waals surface area contributed by atoms with Crippen LogP contribution in [0.15, 0.2) is 30.3 Å². The number of aliphatic hydroxyl groups excluding tert-OH is 2. The van der Waals surface area contributed by atoms with Gasteiger partial charge in [-0.25, -0.2) is 4.98 Å². The summed E-state index contributed by atoms with van der Waals surface area (Å²) in [6.45, 7) is 1.32. The molecule has 0 amide bonds. The van der Waals surface area contributed by atoms with E-state index in [0.29, 0.717) is 6.54 Å². The van der Waals surface area contributed by atoms with Crippen molar-refractivity contribution in [2.75, 3.05) is 31.7 Å². The van der Waals surface area contributed by atoms with Gasteiger partial charge in [0.1, 0.15) is 17.1 Å². The highest BCUT2D eigenvalue weighted by Gasteiger charge is 2.27. The van der Waals surface area contributed by atoms with Crippen molar-refractivity contribution < 1.29 is 14.9 Å². The second-order valence-electron chi connectivity index (χ2n) is 5.45.